The smallest absolute Gasteiger partial charge is 0.321 e. The van der Waals surface area contributed by atoms with Gasteiger partial charge in [0.2, 0.25) is 6.79 Å². The molecule has 0 fully saturated rings. The van der Waals surface area contributed by atoms with Gasteiger partial charge in [0.1, 0.15) is 5.75 Å². The van der Waals surface area contributed by atoms with Crippen LogP contribution >= 0.6 is 11.8 Å². The van der Waals surface area contributed by atoms with E-state index < -0.39 is 0 Å². The fraction of sp³-hybridized carbons (Fsp3) is 0.250. The Labute approximate surface area is 166 Å². The van der Waals surface area contributed by atoms with Crippen LogP contribution in [0.5, 0.6) is 17.2 Å². The molecular weight excluding hydrogens is 378 g/mol. The monoisotopic (exact) mass is 397 g/mol. The first kappa shape index (κ1) is 18.4. The van der Waals surface area contributed by atoms with E-state index >= 15 is 0 Å². The molecule has 1 aliphatic heterocycles. The molecular formula is C20H19N3O4S. The molecule has 0 saturated heterocycles. The van der Waals surface area contributed by atoms with Gasteiger partial charge in [-0.1, -0.05) is 36.0 Å². The number of esters is 1. The summed E-state index contributed by atoms with van der Waals surface area (Å²) in [5.41, 5.74) is 2.16. The van der Waals surface area contributed by atoms with Gasteiger partial charge in [0.05, 0.1) is 5.75 Å². The summed E-state index contributed by atoms with van der Waals surface area (Å²) in [7, 11) is 0. The molecule has 0 spiro atoms. The molecule has 1 aromatic heterocycles. The lowest BCUT2D eigenvalue weighted by atomic mass is 10.1. The van der Waals surface area contributed by atoms with Crippen molar-refractivity contribution in [3.63, 3.8) is 0 Å². The maximum atomic E-state index is 12.2. The molecule has 0 bridgehead atoms. The molecule has 2 aromatic carbocycles. The molecule has 1 aliphatic rings. The number of carbonyl (C=O) groups excluding carboxylic acids is 1. The van der Waals surface area contributed by atoms with Crippen molar-refractivity contribution in [1.29, 1.82) is 0 Å². The summed E-state index contributed by atoms with van der Waals surface area (Å²) in [6.07, 6.45) is 0. The lowest BCUT2D eigenvalue weighted by Gasteiger charge is -2.09. The average Bonchev–Trinajstić information content (AvgIpc) is 3.32. The molecule has 144 valence electrons. The lowest BCUT2D eigenvalue weighted by molar-refractivity contribution is -0.131. The minimum atomic E-state index is -0.369. The van der Waals surface area contributed by atoms with E-state index in [1.54, 1.807) is 18.2 Å². The number of rotatable bonds is 6. The predicted octanol–water partition coefficient (Wildman–Crippen LogP) is 3.70. The van der Waals surface area contributed by atoms with E-state index in [2.05, 4.69) is 10.2 Å². The van der Waals surface area contributed by atoms with E-state index in [1.807, 2.05) is 42.7 Å². The maximum absolute atomic E-state index is 12.2. The van der Waals surface area contributed by atoms with Crippen LogP contribution in [0.4, 0.5) is 0 Å². The van der Waals surface area contributed by atoms with Crippen LogP contribution in [0, 0.1) is 6.92 Å². The van der Waals surface area contributed by atoms with Crippen LogP contribution in [-0.4, -0.2) is 33.3 Å². The van der Waals surface area contributed by atoms with E-state index in [0.29, 0.717) is 28.9 Å². The minimum Gasteiger partial charge on any atom is -0.454 e. The summed E-state index contributed by atoms with van der Waals surface area (Å²) in [5.74, 6) is 2.20. The Bertz CT molecular complexity index is 1020. The van der Waals surface area contributed by atoms with Gasteiger partial charge < -0.3 is 18.8 Å². The average molecular weight is 397 g/mol. The molecule has 0 amide bonds. The highest BCUT2D eigenvalue weighted by molar-refractivity contribution is 7.99. The Kier molecular flexibility index (Phi) is 5.21. The first-order valence-corrected chi connectivity index (χ1v) is 9.86. The van der Waals surface area contributed by atoms with Gasteiger partial charge in [-0.05, 0) is 31.5 Å². The third-order valence-corrected chi connectivity index (χ3v) is 5.25. The van der Waals surface area contributed by atoms with Crippen LogP contribution in [0.3, 0.4) is 0 Å². The van der Waals surface area contributed by atoms with E-state index in [9.17, 15) is 4.79 Å². The van der Waals surface area contributed by atoms with Gasteiger partial charge in [0.25, 0.3) is 0 Å². The molecule has 2 heterocycles. The van der Waals surface area contributed by atoms with Crippen LogP contribution in [0.2, 0.25) is 0 Å². The molecule has 0 atom stereocenters. The number of aryl methyl sites for hydroxylation is 1. The molecule has 0 radical (unpaired) electrons. The maximum Gasteiger partial charge on any atom is 0.321 e. The molecule has 0 saturated carbocycles. The molecule has 0 aliphatic carbocycles. The molecule has 7 nitrogen and oxygen atoms in total. The molecule has 8 heteroatoms. The Morgan fingerprint density at radius 2 is 2.00 bits per heavy atom. The Morgan fingerprint density at radius 1 is 1.18 bits per heavy atom. The van der Waals surface area contributed by atoms with Gasteiger partial charge in [-0.3, -0.25) is 4.79 Å². The van der Waals surface area contributed by atoms with Crippen molar-refractivity contribution in [2.45, 2.75) is 25.5 Å². The molecule has 3 aromatic rings. The van der Waals surface area contributed by atoms with Crippen LogP contribution < -0.4 is 14.2 Å². The Morgan fingerprint density at radius 3 is 2.82 bits per heavy atom. The highest BCUT2D eigenvalue weighted by Gasteiger charge is 2.18. The SMILES string of the molecule is CCn1c(SCC(=O)Oc2ccc3c(c2)OCO3)nnc1-c1ccccc1C. The Hall–Kier alpha value is -3.00. The van der Waals surface area contributed by atoms with Gasteiger partial charge in [-0.15, -0.1) is 10.2 Å². The first-order valence-electron chi connectivity index (χ1n) is 8.88. The van der Waals surface area contributed by atoms with E-state index in [0.717, 1.165) is 17.0 Å². The van der Waals surface area contributed by atoms with E-state index in [-0.39, 0.29) is 18.5 Å². The largest absolute Gasteiger partial charge is 0.454 e. The van der Waals surface area contributed by atoms with Gasteiger partial charge in [0, 0.05) is 18.2 Å². The standard InChI is InChI=1S/C20H19N3O4S/c1-3-23-19(15-7-5-4-6-13(15)2)21-22-20(23)28-11-18(24)27-14-8-9-16-17(10-14)26-12-25-16/h4-10H,3,11-12H2,1-2H3. The zero-order chi connectivity index (χ0) is 19.5. The number of nitrogens with zero attached hydrogens (tertiary/aromatic N) is 3. The number of ether oxygens (including phenoxy) is 3. The van der Waals surface area contributed by atoms with Gasteiger partial charge in [-0.25, -0.2) is 0 Å². The van der Waals surface area contributed by atoms with Crippen LogP contribution in [0.1, 0.15) is 12.5 Å². The van der Waals surface area contributed by atoms with Crippen LogP contribution in [0.15, 0.2) is 47.6 Å². The summed E-state index contributed by atoms with van der Waals surface area (Å²) >= 11 is 1.30. The summed E-state index contributed by atoms with van der Waals surface area (Å²) < 4.78 is 17.9. The van der Waals surface area contributed by atoms with Crippen molar-refractivity contribution in [3.8, 4) is 28.6 Å². The fourth-order valence-electron chi connectivity index (χ4n) is 2.93. The zero-order valence-corrected chi connectivity index (χ0v) is 16.4. The summed E-state index contributed by atoms with van der Waals surface area (Å²) in [5, 5.41) is 9.27. The van der Waals surface area contributed by atoms with Crippen molar-refractivity contribution in [3.05, 3.63) is 48.0 Å². The number of hydrogen-bond acceptors (Lipinski definition) is 7. The van der Waals surface area contributed by atoms with Gasteiger partial charge in [0.15, 0.2) is 22.5 Å². The summed E-state index contributed by atoms with van der Waals surface area (Å²) in [6.45, 7) is 4.95. The third kappa shape index (κ3) is 3.68. The van der Waals surface area contributed by atoms with Crippen molar-refractivity contribution in [1.82, 2.24) is 14.8 Å². The van der Waals surface area contributed by atoms with Crippen molar-refractivity contribution < 1.29 is 19.0 Å². The van der Waals surface area contributed by atoms with E-state index in [1.165, 1.54) is 11.8 Å². The van der Waals surface area contributed by atoms with E-state index in [4.69, 9.17) is 14.2 Å². The quantitative estimate of drug-likeness (QED) is 0.357. The number of carbonyl (C=O) groups is 1. The number of benzene rings is 2. The second kappa shape index (κ2) is 7.93. The predicted molar refractivity (Wildman–Crippen MR) is 105 cm³/mol. The van der Waals surface area contributed by atoms with Crippen molar-refractivity contribution in [2.75, 3.05) is 12.5 Å². The van der Waals surface area contributed by atoms with Gasteiger partial charge in [-0.2, -0.15) is 0 Å². The highest BCUT2D eigenvalue weighted by Crippen LogP contribution is 2.35. The number of aromatic nitrogens is 3. The van der Waals surface area contributed by atoms with Crippen LogP contribution in [0.25, 0.3) is 11.4 Å². The lowest BCUT2D eigenvalue weighted by Crippen LogP contribution is -2.11. The second-order valence-corrected chi connectivity index (χ2v) is 7.09. The summed E-state index contributed by atoms with van der Waals surface area (Å²) in [6, 6.07) is 13.1. The number of thioether (sulfide) groups is 1. The third-order valence-electron chi connectivity index (χ3n) is 4.31. The normalized spacial score (nSPS) is 12.2. The number of fused-ring (bicyclic) bond motifs is 1. The van der Waals surface area contributed by atoms with Crippen molar-refractivity contribution >= 4 is 17.7 Å². The van der Waals surface area contributed by atoms with Crippen molar-refractivity contribution in [2.24, 2.45) is 0 Å². The zero-order valence-electron chi connectivity index (χ0n) is 15.5. The Balaban J connectivity index is 1.43. The number of hydrogen-bond donors (Lipinski definition) is 0. The second-order valence-electron chi connectivity index (χ2n) is 6.14. The topological polar surface area (TPSA) is 75.5 Å². The first-order chi connectivity index (χ1) is 13.7. The molecule has 0 unspecified atom stereocenters. The molecule has 0 N–H and O–H groups in total. The fourth-order valence-corrected chi connectivity index (χ4v) is 3.70. The van der Waals surface area contributed by atoms with Crippen LogP contribution in [-0.2, 0) is 11.3 Å². The minimum absolute atomic E-state index is 0.125. The molecule has 4 rings (SSSR count). The molecule has 28 heavy (non-hydrogen) atoms. The van der Waals surface area contributed by atoms with Gasteiger partial charge >= 0.3 is 5.97 Å². The highest BCUT2D eigenvalue weighted by atomic mass is 32.2. The summed E-state index contributed by atoms with van der Waals surface area (Å²) in [4.78, 5) is 12.2.